The number of carboxylic acids is 1. The van der Waals surface area contributed by atoms with Gasteiger partial charge in [-0.25, -0.2) is 0 Å². The Kier molecular flexibility index (Phi) is 2.82. The molecule has 0 radical (unpaired) electrons. The lowest BCUT2D eigenvalue weighted by Gasteiger charge is -2.36. The van der Waals surface area contributed by atoms with Gasteiger partial charge in [-0.15, -0.1) is 0 Å². The van der Waals surface area contributed by atoms with Crippen LogP contribution in [0.25, 0.3) is 10.8 Å². The Hall–Kier alpha value is -2.56. The average molecular weight is 271 g/mol. The summed E-state index contributed by atoms with van der Waals surface area (Å²) in [4.78, 5) is 24.4. The van der Waals surface area contributed by atoms with Crippen LogP contribution < -0.4 is 0 Å². The second-order valence-corrected chi connectivity index (χ2v) is 4.93. The Morgan fingerprint density at radius 1 is 1.10 bits per heavy atom. The smallest absolute Gasteiger partial charge is 0.310 e. The molecule has 1 saturated heterocycles. The second kappa shape index (κ2) is 4.52. The number of amides is 1. The predicted octanol–water partition coefficient (Wildman–Crippen LogP) is 1.70. The molecule has 0 aliphatic carbocycles. The largest absolute Gasteiger partial charge is 0.506 e. The summed E-state index contributed by atoms with van der Waals surface area (Å²) in [6.07, 6.45) is 0. The molecule has 2 aromatic rings. The molecule has 102 valence electrons. The molecule has 0 bridgehead atoms. The molecule has 1 aliphatic rings. The van der Waals surface area contributed by atoms with Crippen molar-refractivity contribution in [2.24, 2.45) is 5.92 Å². The number of likely N-dealkylation sites (tertiary alicyclic amines) is 1. The number of fused-ring (bicyclic) bond motifs is 1. The first-order valence-corrected chi connectivity index (χ1v) is 6.30. The summed E-state index contributed by atoms with van der Waals surface area (Å²) >= 11 is 0. The third-order valence-electron chi connectivity index (χ3n) is 3.65. The molecule has 1 fully saturated rings. The minimum Gasteiger partial charge on any atom is -0.506 e. The lowest BCUT2D eigenvalue weighted by Crippen LogP contribution is -2.53. The Morgan fingerprint density at radius 2 is 1.80 bits per heavy atom. The number of rotatable bonds is 2. The average Bonchev–Trinajstić information content (AvgIpc) is 2.37. The van der Waals surface area contributed by atoms with E-state index in [0.29, 0.717) is 5.39 Å². The van der Waals surface area contributed by atoms with Gasteiger partial charge >= 0.3 is 5.97 Å². The van der Waals surface area contributed by atoms with E-state index in [1.165, 1.54) is 4.90 Å². The quantitative estimate of drug-likeness (QED) is 0.871. The summed E-state index contributed by atoms with van der Waals surface area (Å²) in [6, 6.07) is 10.6. The molecule has 0 spiro atoms. The van der Waals surface area contributed by atoms with Crippen LogP contribution >= 0.6 is 0 Å². The SMILES string of the molecule is O=C(O)C1CN(C(=O)c2ccc3ccccc3c2O)C1. The number of phenolic OH excluding ortho intramolecular Hbond substituents is 1. The molecule has 5 heteroatoms. The number of nitrogens with zero attached hydrogens (tertiary/aromatic N) is 1. The maximum atomic E-state index is 12.2. The lowest BCUT2D eigenvalue weighted by molar-refractivity contribution is -0.146. The maximum absolute atomic E-state index is 12.2. The third kappa shape index (κ3) is 1.87. The first kappa shape index (κ1) is 12.5. The highest BCUT2D eigenvalue weighted by Gasteiger charge is 2.36. The fraction of sp³-hybridized carbons (Fsp3) is 0.200. The predicted molar refractivity (Wildman–Crippen MR) is 72.6 cm³/mol. The monoisotopic (exact) mass is 271 g/mol. The topological polar surface area (TPSA) is 77.8 Å². The van der Waals surface area contributed by atoms with Crippen LogP contribution in [0.5, 0.6) is 5.75 Å². The van der Waals surface area contributed by atoms with Crippen molar-refractivity contribution >= 4 is 22.6 Å². The van der Waals surface area contributed by atoms with Gasteiger partial charge in [-0.3, -0.25) is 9.59 Å². The highest BCUT2D eigenvalue weighted by Crippen LogP contribution is 2.30. The van der Waals surface area contributed by atoms with Crippen LogP contribution in [-0.4, -0.2) is 40.1 Å². The van der Waals surface area contributed by atoms with Gasteiger partial charge in [0.2, 0.25) is 0 Å². The van der Waals surface area contributed by atoms with Crippen molar-refractivity contribution in [2.45, 2.75) is 0 Å². The zero-order chi connectivity index (χ0) is 14.3. The van der Waals surface area contributed by atoms with E-state index in [4.69, 9.17) is 5.11 Å². The van der Waals surface area contributed by atoms with Crippen molar-refractivity contribution in [1.82, 2.24) is 4.90 Å². The van der Waals surface area contributed by atoms with Crippen molar-refractivity contribution < 1.29 is 19.8 Å². The van der Waals surface area contributed by atoms with Crippen molar-refractivity contribution in [1.29, 1.82) is 0 Å². The van der Waals surface area contributed by atoms with Gasteiger partial charge in [0.15, 0.2) is 0 Å². The van der Waals surface area contributed by atoms with Gasteiger partial charge in [-0.1, -0.05) is 30.3 Å². The van der Waals surface area contributed by atoms with E-state index in [2.05, 4.69) is 0 Å². The first-order valence-electron chi connectivity index (χ1n) is 6.30. The minimum absolute atomic E-state index is 0.0492. The molecule has 1 amide bonds. The van der Waals surface area contributed by atoms with E-state index in [0.717, 1.165) is 5.39 Å². The van der Waals surface area contributed by atoms with Crippen LogP contribution in [0.3, 0.4) is 0 Å². The molecule has 2 aromatic carbocycles. The second-order valence-electron chi connectivity index (χ2n) is 4.93. The highest BCUT2D eigenvalue weighted by atomic mass is 16.4. The summed E-state index contributed by atoms with van der Waals surface area (Å²) in [7, 11) is 0. The van der Waals surface area contributed by atoms with Gasteiger partial charge in [0.1, 0.15) is 5.75 Å². The molecule has 1 heterocycles. The van der Waals surface area contributed by atoms with E-state index < -0.39 is 11.9 Å². The maximum Gasteiger partial charge on any atom is 0.310 e. The van der Waals surface area contributed by atoms with Gasteiger partial charge in [0.05, 0.1) is 11.5 Å². The van der Waals surface area contributed by atoms with Gasteiger partial charge in [-0.2, -0.15) is 0 Å². The third-order valence-corrected chi connectivity index (χ3v) is 3.65. The van der Waals surface area contributed by atoms with Gasteiger partial charge in [-0.05, 0) is 11.5 Å². The van der Waals surface area contributed by atoms with Gasteiger partial charge < -0.3 is 15.1 Å². The molecule has 0 aromatic heterocycles. The number of benzene rings is 2. The summed E-state index contributed by atoms with van der Waals surface area (Å²) in [6.45, 7) is 0.390. The molecule has 0 saturated carbocycles. The van der Waals surface area contributed by atoms with E-state index in [-0.39, 0.29) is 30.3 Å². The van der Waals surface area contributed by atoms with Crippen molar-refractivity contribution in [3.05, 3.63) is 42.0 Å². The van der Waals surface area contributed by atoms with Gasteiger partial charge in [0.25, 0.3) is 5.91 Å². The molecule has 1 aliphatic heterocycles. The fourth-order valence-corrected chi connectivity index (χ4v) is 2.40. The number of hydrogen-bond donors (Lipinski definition) is 2. The minimum atomic E-state index is -0.892. The normalized spacial score (nSPS) is 15.1. The van der Waals surface area contributed by atoms with Crippen molar-refractivity contribution in [3.63, 3.8) is 0 Å². The Labute approximate surface area is 115 Å². The Balaban J connectivity index is 1.89. The zero-order valence-corrected chi connectivity index (χ0v) is 10.6. The summed E-state index contributed by atoms with van der Waals surface area (Å²) in [5, 5.41) is 20.5. The standard InChI is InChI=1S/C15H13NO4/c17-13-11-4-2-1-3-9(11)5-6-12(13)14(18)16-7-10(8-16)15(19)20/h1-6,10,17H,7-8H2,(H,19,20). The highest BCUT2D eigenvalue weighted by molar-refractivity contribution is 6.04. The summed E-state index contributed by atoms with van der Waals surface area (Å²) in [5.41, 5.74) is 0.215. The van der Waals surface area contributed by atoms with Crippen LogP contribution in [0.4, 0.5) is 0 Å². The number of aliphatic carboxylic acids is 1. The van der Waals surface area contributed by atoms with E-state index in [9.17, 15) is 14.7 Å². The molecule has 5 nitrogen and oxygen atoms in total. The molecule has 0 unspecified atom stereocenters. The van der Waals surface area contributed by atoms with Gasteiger partial charge in [0, 0.05) is 18.5 Å². The molecule has 2 N–H and O–H groups in total. The van der Waals surface area contributed by atoms with Crippen molar-refractivity contribution in [2.75, 3.05) is 13.1 Å². The Bertz CT molecular complexity index is 704. The molecule has 3 rings (SSSR count). The van der Waals surface area contributed by atoms with Crippen LogP contribution in [0.2, 0.25) is 0 Å². The zero-order valence-electron chi connectivity index (χ0n) is 10.6. The number of hydrogen-bond acceptors (Lipinski definition) is 3. The number of aromatic hydroxyl groups is 1. The number of phenols is 1. The summed E-state index contributed by atoms with van der Waals surface area (Å²) in [5.74, 6) is -1.77. The van der Waals surface area contributed by atoms with E-state index in [1.54, 1.807) is 24.3 Å². The molecule has 0 atom stereocenters. The number of carbonyl (C=O) groups is 2. The first-order chi connectivity index (χ1) is 9.58. The molecule has 20 heavy (non-hydrogen) atoms. The molecular weight excluding hydrogens is 258 g/mol. The lowest BCUT2D eigenvalue weighted by atomic mass is 9.98. The van der Waals surface area contributed by atoms with Crippen molar-refractivity contribution in [3.8, 4) is 5.75 Å². The number of carbonyl (C=O) groups excluding carboxylic acids is 1. The summed E-state index contributed by atoms with van der Waals surface area (Å²) < 4.78 is 0. The van der Waals surface area contributed by atoms with Crippen LogP contribution in [0.1, 0.15) is 10.4 Å². The van der Waals surface area contributed by atoms with Crippen LogP contribution in [0, 0.1) is 5.92 Å². The fourth-order valence-electron chi connectivity index (χ4n) is 2.40. The van der Waals surface area contributed by atoms with E-state index >= 15 is 0 Å². The number of carboxylic acid groups (broad SMARTS) is 1. The molecular formula is C15H13NO4. The Morgan fingerprint density at radius 3 is 2.50 bits per heavy atom. The van der Waals surface area contributed by atoms with Crippen LogP contribution in [0.15, 0.2) is 36.4 Å². The van der Waals surface area contributed by atoms with E-state index in [1.807, 2.05) is 12.1 Å². The van der Waals surface area contributed by atoms with Crippen LogP contribution in [-0.2, 0) is 4.79 Å².